The summed E-state index contributed by atoms with van der Waals surface area (Å²) >= 11 is 1.00. The van der Waals surface area contributed by atoms with Gasteiger partial charge in [0.15, 0.2) is 0 Å². The highest BCUT2D eigenvalue weighted by Gasteiger charge is 2.22. The second-order valence-corrected chi connectivity index (χ2v) is 5.16. The molecule has 0 fully saturated rings. The molecule has 0 aliphatic carbocycles. The predicted molar refractivity (Wildman–Crippen MR) is 79.7 cm³/mol. The van der Waals surface area contributed by atoms with Crippen LogP contribution >= 0.6 is 11.3 Å². The van der Waals surface area contributed by atoms with Gasteiger partial charge in [-0.15, -0.1) is 11.3 Å². The molecular weight excluding hydrogens is 304 g/mol. The van der Waals surface area contributed by atoms with Crippen molar-refractivity contribution in [2.24, 2.45) is 0 Å². The highest BCUT2D eigenvalue weighted by atomic mass is 32.1. The van der Waals surface area contributed by atoms with E-state index in [2.05, 4.69) is 15.3 Å². The minimum Gasteiger partial charge on any atom is -0.462 e. The molecule has 2 rings (SSSR count). The lowest BCUT2D eigenvalue weighted by Crippen LogP contribution is -2.13. The molecule has 0 aliphatic rings. The zero-order valence-electron chi connectivity index (χ0n) is 11.9. The Morgan fingerprint density at radius 3 is 2.82 bits per heavy atom. The zero-order chi connectivity index (χ0) is 16.1. The van der Waals surface area contributed by atoms with Crippen LogP contribution in [-0.4, -0.2) is 28.5 Å². The van der Waals surface area contributed by atoms with Gasteiger partial charge < -0.3 is 10.1 Å². The third-order valence-electron chi connectivity index (χ3n) is 2.74. The molecule has 7 nitrogen and oxygen atoms in total. The number of carbonyl (C=O) groups excluding carboxylic acids is 2. The first-order chi connectivity index (χ1) is 10.6. The molecular formula is C14H12N4O3S. The number of hydrogen-bond donors (Lipinski definition) is 1. The van der Waals surface area contributed by atoms with Crippen molar-refractivity contribution in [3.8, 4) is 6.07 Å². The number of nitrogens with one attached hydrogen (secondary N) is 1. The molecule has 1 amide bonds. The second kappa shape index (κ2) is 6.78. The third kappa shape index (κ3) is 3.10. The molecule has 2 heterocycles. The summed E-state index contributed by atoms with van der Waals surface area (Å²) in [7, 11) is 0. The van der Waals surface area contributed by atoms with Gasteiger partial charge in [0.05, 0.1) is 18.4 Å². The summed E-state index contributed by atoms with van der Waals surface area (Å²) in [5.74, 6) is -1.01. The van der Waals surface area contributed by atoms with Gasteiger partial charge in [-0.1, -0.05) is 0 Å². The molecule has 2 aromatic heterocycles. The van der Waals surface area contributed by atoms with E-state index in [0.717, 1.165) is 11.3 Å². The fraction of sp³-hybridized carbons (Fsp3) is 0.214. The molecule has 0 unspecified atom stereocenters. The lowest BCUT2D eigenvalue weighted by atomic mass is 10.2. The summed E-state index contributed by atoms with van der Waals surface area (Å²) in [6.45, 7) is 3.57. The standard InChI is InChI=1S/C14H12N4O3S/c1-3-21-14(20)11-8(2)9(6-15)13(22-11)18-12(19)10-7-16-4-5-17-10/h4-5,7H,3H2,1-2H3,(H,18,19). The molecule has 0 aromatic carbocycles. The Bertz CT molecular complexity index is 749. The van der Waals surface area contributed by atoms with E-state index in [4.69, 9.17) is 4.74 Å². The lowest BCUT2D eigenvalue weighted by Gasteiger charge is -2.01. The second-order valence-electron chi connectivity index (χ2n) is 4.14. The molecule has 0 saturated carbocycles. The number of hydrogen-bond acceptors (Lipinski definition) is 7. The maximum Gasteiger partial charge on any atom is 0.348 e. The first kappa shape index (κ1) is 15.6. The Labute approximate surface area is 130 Å². The van der Waals surface area contributed by atoms with Gasteiger partial charge in [-0.3, -0.25) is 9.78 Å². The fourth-order valence-electron chi connectivity index (χ4n) is 1.71. The van der Waals surface area contributed by atoms with Crippen molar-refractivity contribution in [2.75, 3.05) is 11.9 Å². The minimum atomic E-state index is -0.512. The van der Waals surface area contributed by atoms with E-state index in [1.54, 1.807) is 13.8 Å². The van der Waals surface area contributed by atoms with Crippen LogP contribution in [0, 0.1) is 18.3 Å². The Hall–Kier alpha value is -2.79. The Kier molecular flexibility index (Phi) is 4.80. The van der Waals surface area contributed by atoms with Crippen molar-refractivity contribution >= 4 is 28.2 Å². The average Bonchev–Trinajstić information content (AvgIpc) is 2.84. The summed E-state index contributed by atoms with van der Waals surface area (Å²) < 4.78 is 4.94. The number of aromatic nitrogens is 2. The van der Waals surface area contributed by atoms with E-state index >= 15 is 0 Å². The lowest BCUT2D eigenvalue weighted by molar-refractivity contribution is 0.0531. The van der Waals surface area contributed by atoms with Crippen LogP contribution in [0.3, 0.4) is 0 Å². The number of ether oxygens (including phenoxy) is 1. The van der Waals surface area contributed by atoms with E-state index in [9.17, 15) is 14.9 Å². The molecule has 0 saturated heterocycles. The Balaban J connectivity index is 2.32. The Morgan fingerprint density at radius 2 is 2.23 bits per heavy atom. The minimum absolute atomic E-state index is 0.120. The number of rotatable bonds is 4. The molecule has 0 radical (unpaired) electrons. The number of amides is 1. The van der Waals surface area contributed by atoms with Crippen LogP contribution in [0.5, 0.6) is 0 Å². The molecule has 0 spiro atoms. The highest BCUT2D eigenvalue weighted by Crippen LogP contribution is 2.33. The molecule has 1 N–H and O–H groups in total. The van der Waals surface area contributed by atoms with Gasteiger partial charge >= 0.3 is 5.97 Å². The predicted octanol–water partition coefficient (Wildman–Crippen LogP) is 2.15. The van der Waals surface area contributed by atoms with Crippen molar-refractivity contribution in [2.45, 2.75) is 13.8 Å². The maximum absolute atomic E-state index is 12.1. The molecule has 2 aromatic rings. The van der Waals surface area contributed by atoms with Gasteiger partial charge in [0, 0.05) is 12.4 Å². The van der Waals surface area contributed by atoms with E-state index in [0.29, 0.717) is 15.4 Å². The molecule has 8 heteroatoms. The monoisotopic (exact) mass is 316 g/mol. The summed E-state index contributed by atoms with van der Waals surface area (Å²) in [4.78, 5) is 31.9. The SMILES string of the molecule is CCOC(=O)c1sc(NC(=O)c2cnccn2)c(C#N)c1C. The first-order valence-electron chi connectivity index (χ1n) is 6.36. The average molecular weight is 316 g/mol. The van der Waals surface area contributed by atoms with Gasteiger partial charge in [0.2, 0.25) is 0 Å². The van der Waals surface area contributed by atoms with Crippen molar-refractivity contribution in [3.63, 3.8) is 0 Å². The van der Waals surface area contributed by atoms with Crippen molar-refractivity contribution in [1.29, 1.82) is 5.26 Å². The Morgan fingerprint density at radius 1 is 1.45 bits per heavy atom. The summed E-state index contributed by atoms with van der Waals surface area (Å²) in [6, 6.07) is 1.99. The summed E-state index contributed by atoms with van der Waals surface area (Å²) in [6.07, 6.45) is 4.16. The summed E-state index contributed by atoms with van der Waals surface area (Å²) in [5, 5.41) is 12.1. The van der Waals surface area contributed by atoms with E-state index in [-0.39, 0.29) is 17.9 Å². The molecule has 0 atom stereocenters. The van der Waals surface area contributed by atoms with E-state index in [1.165, 1.54) is 18.6 Å². The first-order valence-corrected chi connectivity index (χ1v) is 7.18. The van der Waals surface area contributed by atoms with Crippen molar-refractivity contribution in [3.05, 3.63) is 40.3 Å². The number of esters is 1. The number of carbonyl (C=O) groups is 2. The van der Waals surface area contributed by atoms with Crippen LogP contribution < -0.4 is 5.32 Å². The van der Waals surface area contributed by atoms with Gasteiger partial charge in [0.1, 0.15) is 21.6 Å². The number of nitriles is 1. The van der Waals surface area contributed by atoms with E-state index < -0.39 is 11.9 Å². The molecule has 112 valence electrons. The van der Waals surface area contributed by atoms with Crippen molar-refractivity contribution < 1.29 is 14.3 Å². The number of anilines is 1. The topological polar surface area (TPSA) is 105 Å². The number of nitrogens with zero attached hydrogens (tertiary/aromatic N) is 3. The smallest absolute Gasteiger partial charge is 0.348 e. The van der Waals surface area contributed by atoms with Gasteiger partial charge in [-0.2, -0.15) is 5.26 Å². The van der Waals surface area contributed by atoms with Crippen LogP contribution in [-0.2, 0) is 4.74 Å². The summed E-state index contributed by atoms with van der Waals surface area (Å²) in [5.41, 5.74) is 0.848. The quantitative estimate of drug-likeness (QED) is 0.866. The van der Waals surface area contributed by atoms with Crippen LogP contribution in [0.2, 0.25) is 0 Å². The van der Waals surface area contributed by atoms with Gasteiger partial charge in [-0.25, -0.2) is 9.78 Å². The largest absolute Gasteiger partial charge is 0.462 e. The molecule has 0 bridgehead atoms. The number of thiophene rings is 1. The molecule has 0 aliphatic heterocycles. The third-order valence-corrected chi connectivity index (χ3v) is 3.93. The van der Waals surface area contributed by atoms with Crippen molar-refractivity contribution in [1.82, 2.24) is 9.97 Å². The zero-order valence-corrected chi connectivity index (χ0v) is 12.7. The molecule has 22 heavy (non-hydrogen) atoms. The van der Waals surface area contributed by atoms with Crippen LogP contribution in [0.25, 0.3) is 0 Å². The van der Waals surface area contributed by atoms with Crippen LogP contribution in [0.1, 0.15) is 38.2 Å². The highest BCUT2D eigenvalue weighted by molar-refractivity contribution is 7.18. The van der Waals surface area contributed by atoms with Crippen LogP contribution in [0.15, 0.2) is 18.6 Å². The normalized spacial score (nSPS) is 9.86. The van der Waals surface area contributed by atoms with Gasteiger partial charge in [-0.05, 0) is 19.4 Å². The fourth-order valence-corrected chi connectivity index (χ4v) is 2.76. The van der Waals surface area contributed by atoms with Gasteiger partial charge in [0.25, 0.3) is 5.91 Å². The maximum atomic E-state index is 12.1. The van der Waals surface area contributed by atoms with E-state index in [1.807, 2.05) is 6.07 Å². The van der Waals surface area contributed by atoms with Crippen LogP contribution in [0.4, 0.5) is 5.00 Å².